The molecular formula is C16H14N4O. The lowest BCUT2D eigenvalue weighted by Crippen LogP contribution is -2.13. The van der Waals surface area contributed by atoms with E-state index in [1.165, 1.54) is 0 Å². The third kappa shape index (κ3) is 2.81. The van der Waals surface area contributed by atoms with Crippen molar-refractivity contribution in [3.63, 3.8) is 0 Å². The molecule has 3 aromatic rings. The van der Waals surface area contributed by atoms with Gasteiger partial charge in [0, 0.05) is 24.3 Å². The Morgan fingerprint density at radius 2 is 2.05 bits per heavy atom. The molecule has 2 aromatic heterocycles. The predicted octanol–water partition coefficient (Wildman–Crippen LogP) is 2.83. The van der Waals surface area contributed by atoms with Crippen molar-refractivity contribution < 1.29 is 4.79 Å². The van der Waals surface area contributed by atoms with Crippen molar-refractivity contribution in [2.75, 3.05) is 5.32 Å². The number of aryl methyl sites for hydroxylation is 1. The smallest absolute Gasteiger partial charge is 0.257 e. The van der Waals surface area contributed by atoms with E-state index in [1.807, 2.05) is 31.2 Å². The predicted molar refractivity (Wildman–Crippen MR) is 80.5 cm³/mol. The molecule has 0 atom stereocenters. The zero-order chi connectivity index (χ0) is 14.7. The number of nitrogens with zero attached hydrogens (tertiary/aromatic N) is 3. The minimum atomic E-state index is -0.172. The van der Waals surface area contributed by atoms with E-state index in [1.54, 1.807) is 41.6 Å². The lowest BCUT2D eigenvalue weighted by Gasteiger charge is -2.08. The third-order valence-electron chi connectivity index (χ3n) is 3.17. The monoisotopic (exact) mass is 278 g/mol. The van der Waals surface area contributed by atoms with Gasteiger partial charge in [0.25, 0.3) is 5.91 Å². The van der Waals surface area contributed by atoms with Gasteiger partial charge in [0.05, 0.1) is 5.56 Å². The molecule has 0 aliphatic carbocycles. The average molecular weight is 278 g/mol. The van der Waals surface area contributed by atoms with Gasteiger partial charge in [-0.25, -0.2) is 9.97 Å². The van der Waals surface area contributed by atoms with Crippen LogP contribution in [0, 0.1) is 6.92 Å². The number of nitrogens with one attached hydrogen (secondary N) is 1. The van der Waals surface area contributed by atoms with E-state index >= 15 is 0 Å². The Labute approximate surface area is 122 Å². The number of anilines is 1. The molecule has 0 aliphatic heterocycles. The number of hydrogen-bond donors (Lipinski definition) is 1. The Hall–Kier alpha value is -2.95. The Morgan fingerprint density at radius 1 is 1.19 bits per heavy atom. The Morgan fingerprint density at radius 3 is 2.71 bits per heavy atom. The fourth-order valence-corrected chi connectivity index (χ4v) is 1.98. The van der Waals surface area contributed by atoms with Crippen LogP contribution in [0.3, 0.4) is 0 Å². The first kappa shape index (κ1) is 13.1. The fraction of sp³-hybridized carbons (Fsp3) is 0.0625. The van der Waals surface area contributed by atoms with Crippen molar-refractivity contribution in [2.45, 2.75) is 6.92 Å². The van der Waals surface area contributed by atoms with E-state index in [0.717, 1.165) is 17.1 Å². The van der Waals surface area contributed by atoms with Crippen LogP contribution in [0.5, 0.6) is 0 Å². The molecule has 1 aromatic carbocycles. The molecule has 0 bridgehead atoms. The van der Waals surface area contributed by atoms with Crippen LogP contribution in [0.4, 0.5) is 5.69 Å². The van der Waals surface area contributed by atoms with E-state index in [4.69, 9.17) is 0 Å². The molecule has 5 nitrogen and oxygen atoms in total. The summed E-state index contributed by atoms with van der Waals surface area (Å²) in [6.45, 7) is 1.95. The number of hydrogen-bond acceptors (Lipinski definition) is 3. The lowest BCUT2D eigenvalue weighted by molar-refractivity contribution is 0.102. The summed E-state index contributed by atoms with van der Waals surface area (Å²) in [4.78, 5) is 20.4. The van der Waals surface area contributed by atoms with Gasteiger partial charge in [0.2, 0.25) is 0 Å². The topological polar surface area (TPSA) is 59.8 Å². The minimum Gasteiger partial charge on any atom is -0.322 e. The fourth-order valence-electron chi connectivity index (χ4n) is 1.98. The van der Waals surface area contributed by atoms with Crippen LogP contribution < -0.4 is 5.32 Å². The van der Waals surface area contributed by atoms with Gasteiger partial charge in [-0.1, -0.05) is 18.2 Å². The summed E-state index contributed by atoms with van der Waals surface area (Å²) in [6.07, 6.45) is 6.70. The molecule has 1 N–H and O–H groups in total. The molecule has 5 heteroatoms. The van der Waals surface area contributed by atoms with Crippen molar-refractivity contribution in [2.24, 2.45) is 0 Å². The molecule has 2 heterocycles. The van der Waals surface area contributed by atoms with Gasteiger partial charge in [0.15, 0.2) is 0 Å². The number of para-hydroxylation sites is 1. The molecule has 0 fully saturated rings. The maximum Gasteiger partial charge on any atom is 0.257 e. The van der Waals surface area contributed by atoms with Gasteiger partial charge >= 0.3 is 0 Å². The molecule has 0 aliphatic rings. The van der Waals surface area contributed by atoms with Gasteiger partial charge in [-0.3, -0.25) is 9.36 Å². The lowest BCUT2D eigenvalue weighted by atomic mass is 10.2. The molecule has 104 valence electrons. The first-order chi connectivity index (χ1) is 10.2. The van der Waals surface area contributed by atoms with Gasteiger partial charge in [-0.15, -0.1) is 0 Å². The van der Waals surface area contributed by atoms with Crippen molar-refractivity contribution >= 4 is 11.6 Å². The molecule has 21 heavy (non-hydrogen) atoms. The third-order valence-corrected chi connectivity index (χ3v) is 3.17. The highest BCUT2D eigenvalue weighted by atomic mass is 16.1. The minimum absolute atomic E-state index is 0.172. The van der Waals surface area contributed by atoms with Crippen molar-refractivity contribution in [3.05, 3.63) is 72.4 Å². The van der Waals surface area contributed by atoms with Crippen LogP contribution >= 0.6 is 0 Å². The number of carbonyl (C=O) groups is 1. The van der Waals surface area contributed by atoms with Crippen molar-refractivity contribution in [3.8, 4) is 5.82 Å². The second-order valence-electron chi connectivity index (χ2n) is 4.64. The molecule has 0 radical (unpaired) electrons. The zero-order valence-electron chi connectivity index (χ0n) is 11.5. The Bertz CT molecular complexity index is 748. The summed E-state index contributed by atoms with van der Waals surface area (Å²) in [7, 11) is 0. The van der Waals surface area contributed by atoms with Crippen molar-refractivity contribution in [1.82, 2.24) is 14.5 Å². The standard InChI is InChI=1S/C16H14N4O/c1-12-4-2-3-5-14(12)19-16(21)13-6-7-15(18-10-13)20-9-8-17-11-20/h2-11H,1H3,(H,19,21). The van der Waals surface area contributed by atoms with Gasteiger partial charge in [0.1, 0.15) is 12.1 Å². The maximum atomic E-state index is 12.2. The second-order valence-corrected chi connectivity index (χ2v) is 4.64. The van der Waals surface area contributed by atoms with Crippen LogP contribution in [0.15, 0.2) is 61.3 Å². The molecule has 0 saturated heterocycles. The highest BCUT2D eigenvalue weighted by Crippen LogP contribution is 2.15. The van der Waals surface area contributed by atoms with Gasteiger partial charge in [-0.05, 0) is 30.7 Å². The SMILES string of the molecule is Cc1ccccc1NC(=O)c1ccc(-n2ccnc2)nc1. The van der Waals surface area contributed by atoms with Crippen molar-refractivity contribution in [1.29, 1.82) is 0 Å². The summed E-state index contributed by atoms with van der Waals surface area (Å²) in [5.74, 6) is 0.550. The van der Waals surface area contributed by atoms with E-state index in [-0.39, 0.29) is 5.91 Å². The van der Waals surface area contributed by atoms with Crippen LogP contribution in [0.25, 0.3) is 5.82 Å². The number of carbonyl (C=O) groups excluding carboxylic acids is 1. The summed E-state index contributed by atoms with van der Waals surface area (Å²) in [5.41, 5.74) is 2.34. The van der Waals surface area contributed by atoms with Crippen LogP contribution in [-0.4, -0.2) is 20.4 Å². The maximum absolute atomic E-state index is 12.2. The number of pyridine rings is 1. The normalized spacial score (nSPS) is 10.3. The first-order valence-corrected chi connectivity index (χ1v) is 6.55. The number of imidazole rings is 1. The number of rotatable bonds is 3. The zero-order valence-corrected chi connectivity index (χ0v) is 11.5. The van der Waals surface area contributed by atoms with E-state index in [0.29, 0.717) is 5.56 Å². The number of aromatic nitrogens is 3. The molecule has 3 rings (SSSR count). The Kier molecular flexibility index (Phi) is 3.47. The second kappa shape index (κ2) is 5.58. The highest BCUT2D eigenvalue weighted by molar-refractivity contribution is 6.04. The van der Waals surface area contributed by atoms with Gasteiger partial charge < -0.3 is 5.32 Å². The number of benzene rings is 1. The van der Waals surface area contributed by atoms with E-state index in [2.05, 4.69) is 15.3 Å². The molecule has 1 amide bonds. The van der Waals surface area contributed by atoms with Crippen LogP contribution in [0.2, 0.25) is 0 Å². The molecule has 0 spiro atoms. The molecular weight excluding hydrogens is 264 g/mol. The molecule has 0 unspecified atom stereocenters. The van der Waals surface area contributed by atoms with E-state index in [9.17, 15) is 4.79 Å². The number of amides is 1. The van der Waals surface area contributed by atoms with Crippen LogP contribution in [-0.2, 0) is 0 Å². The molecule has 0 saturated carbocycles. The van der Waals surface area contributed by atoms with E-state index < -0.39 is 0 Å². The summed E-state index contributed by atoms with van der Waals surface area (Å²) < 4.78 is 1.78. The highest BCUT2D eigenvalue weighted by Gasteiger charge is 2.08. The summed E-state index contributed by atoms with van der Waals surface area (Å²) in [6, 6.07) is 11.2. The first-order valence-electron chi connectivity index (χ1n) is 6.55. The van der Waals surface area contributed by atoms with Gasteiger partial charge in [-0.2, -0.15) is 0 Å². The largest absolute Gasteiger partial charge is 0.322 e. The average Bonchev–Trinajstić information content (AvgIpc) is 3.04. The van der Waals surface area contributed by atoms with Crippen LogP contribution in [0.1, 0.15) is 15.9 Å². The Balaban J connectivity index is 1.78. The summed E-state index contributed by atoms with van der Waals surface area (Å²) >= 11 is 0. The summed E-state index contributed by atoms with van der Waals surface area (Å²) in [5, 5.41) is 2.88. The quantitative estimate of drug-likeness (QED) is 0.801.